The molecule has 0 amide bonds. The van der Waals surface area contributed by atoms with Gasteiger partial charge in [0.15, 0.2) is 5.78 Å². The molecule has 2 N–H and O–H groups in total. The van der Waals surface area contributed by atoms with Crippen LogP contribution in [0.4, 0.5) is 0 Å². The van der Waals surface area contributed by atoms with Gasteiger partial charge >= 0.3 is 0 Å². The summed E-state index contributed by atoms with van der Waals surface area (Å²) in [4.78, 5) is 15.4. The van der Waals surface area contributed by atoms with Gasteiger partial charge in [-0.25, -0.2) is 13.6 Å². The summed E-state index contributed by atoms with van der Waals surface area (Å²) in [5.41, 5.74) is 5.69. The zero-order valence-electron chi connectivity index (χ0n) is 18.5. The van der Waals surface area contributed by atoms with Crippen LogP contribution < -0.4 is 9.88 Å². The number of aryl methyl sites for hydroxylation is 1. The molecule has 0 saturated heterocycles. The highest BCUT2D eigenvalue weighted by Gasteiger charge is 2.22. The van der Waals surface area contributed by atoms with Crippen molar-refractivity contribution in [3.8, 4) is 11.4 Å². The van der Waals surface area contributed by atoms with Gasteiger partial charge in [-0.1, -0.05) is 6.07 Å². The summed E-state index contributed by atoms with van der Waals surface area (Å²) in [5, 5.41) is 5.19. The van der Waals surface area contributed by atoms with Gasteiger partial charge in [-0.05, 0) is 73.9 Å². The lowest BCUT2D eigenvalue weighted by molar-refractivity contribution is 0.0921. The Morgan fingerprint density at radius 1 is 1.06 bits per heavy atom. The van der Waals surface area contributed by atoms with Gasteiger partial charge in [-0.3, -0.25) is 9.69 Å². The number of Topliss-reactive ketones (excluding diaryl/α,β-unsaturated/α-hetero) is 1. The standard InChI is InChI=1S/C24H27N3O4S/c1-16-12-23(17(2)27(16)20-5-8-22(9-6-20)32(25,29)30)24(28)15-26-11-10-18-4-7-21(31-3)13-19(18)14-26/h4-9,12-13H,10-11,14-15H2,1-3H3,(H2,25,29,30). The average molecular weight is 454 g/mol. The molecule has 0 saturated carbocycles. The van der Waals surface area contributed by atoms with Crippen molar-refractivity contribution in [3.05, 3.63) is 76.6 Å². The Labute approximate surface area is 188 Å². The molecule has 0 atom stereocenters. The molecule has 1 aromatic heterocycles. The van der Waals surface area contributed by atoms with Gasteiger partial charge in [-0.15, -0.1) is 0 Å². The lowest BCUT2D eigenvalue weighted by Gasteiger charge is -2.28. The van der Waals surface area contributed by atoms with Gasteiger partial charge in [0.05, 0.1) is 18.6 Å². The van der Waals surface area contributed by atoms with Crippen molar-refractivity contribution in [1.29, 1.82) is 0 Å². The number of methoxy groups -OCH3 is 1. The van der Waals surface area contributed by atoms with Gasteiger partial charge < -0.3 is 9.30 Å². The van der Waals surface area contributed by atoms with Crippen LogP contribution in [0.5, 0.6) is 5.75 Å². The van der Waals surface area contributed by atoms with Crippen molar-refractivity contribution in [2.24, 2.45) is 5.14 Å². The molecule has 0 bridgehead atoms. The van der Waals surface area contributed by atoms with Crippen molar-refractivity contribution in [2.45, 2.75) is 31.7 Å². The topological polar surface area (TPSA) is 94.6 Å². The third-order valence-corrected chi connectivity index (χ3v) is 6.96. The number of carbonyl (C=O) groups excluding carboxylic acids is 1. The number of nitrogens with zero attached hydrogens (tertiary/aromatic N) is 2. The van der Waals surface area contributed by atoms with E-state index >= 15 is 0 Å². The molecule has 168 valence electrons. The number of hydrogen-bond donors (Lipinski definition) is 1. The van der Waals surface area contributed by atoms with Gasteiger partial charge in [-0.2, -0.15) is 0 Å². The summed E-state index contributed by atoms with van der Waals surface area (Å²) in [6, 6.07) is 14.4. The summed E-state index contributed by atoms with van der Waals surface area (Å²) < 4.78 is 30.3. The summed E-state index contributed by atoms with van der Waals surface area (Å²) in [7, 11) is -2.09. The van der Waals surface area contributed by atoms with Gasteiger partial charge in [0.25, 0.3) is 0 Å². The average Bonchev–Trinajstić information content (AvgIpc) is 3.06. The quantitative estimate of drug-likeness (QED) is 0.579. The maximum Gasteiger partial charge on any atom is 0.238 e. The first-order valence-corrected chi connectivity index (χ1v) is 12.0. The number of benzene rings is 2. The zero-order valence-corrected chi connectivity index (χ0v) is 19.3. The summed E-state index contributed by atoms with van der Waals surface area (Å²) >= 11 is 0. The van der Waals surface area contributed by atoms with Crippen molar-refractivity contribution >= 4 is 15.8 Å². The van der Waals surface area contributed by atoms with Crippen LogP contribution in [0, 0.1) is 13.8 Å². The van der Waals surface area contributed by atoms with Crippen LogP contribution >= 0.6 is 0 Å². The van der Waals surface area contributed by atoms with Crippen molar-refractivity contribution in [3.63, 3.8) is 0 Å². The number of ketones is 1. The second-order valence-corrected chi connectivity index (χ2v) is 9.74. The van der Waals surface area contributed by atoms with Crippen molar-refractivity contribution in [1.82, 2.24) is 9.47 Å². The lowest BCUT2D eigenvalue weighted by Crippen LogP contribution is -2.35. The Hall–Kier alpha value is -2.94. The molecular weight excluding hydrogens is 426 g/mol. The summed E-state index contributed by atoms with van der Waals surface area (Å²) in [5.74, 6) is 0.894. The van der Waals surface area contributed by atoms with E-state index in [9.17, 15) is 13.2 Å². The molecule has 2 aromatic carbocycles. The fourth-order valence-corrected chi connectivity index (χ4v) is 4.88. The first kappa shape index (κ1) is 22.3. The predicted molar refractivity (Wildman–Crippen MR) is 123 cm³/mol. The zero-order chi connectivity index (χ0) is 23.0. The summed E-state index contributed by atoms with van der Waals surface area (Å²) in [6.45, 7) is 5.72. The van der Waals surface area contributed by atoms with Crippen LogP contribution in [0.25, 0.3) is 5.69 Å². The smallest absolute Gasteiger partial charge is 0.238 e. The van der Waals surface area contributed by atoms with Crippen LogP contribution in [0.3, 0.4) is 0 Å². The molecule has 1 aliphatic heterocycles. The molecular formula is C24H27N3O4S. The minimum Gasteiger partial charge on any atom is -0.497 e. The molecule has 0 unspecified atom stereocenters. The molecule has 0 fully saturated rings. The highest BCUT2D eigenvalue weighted by molar-refractivity contribution is 7.89. The van der Waals surface area contributed by atoms with E-state index in [2.05, 4.69) is 11.0 Å². The summed E-state index contributed by atoms with van der Waals surface area (Å²) in [6.07, 6.45) is 0.905. The second kappa shape index (κ2) is 8.54. The number of hydrogen-bond acceptors (Lipinski definition) is 5. The molecule has 0 spiro atoms. The van der Waals surface area contributed by atoms with Gasteiger partial charge in [0, 0.05) is 35.7 Å². The number of fused-ring (bicyclic) bond motifs is 1. The Kier molecular flexibility index (Phi) is 5.94. The fraction of sp³-hybridized carbons (Fsp3) is 0.292. The van der Waals surface area contributed by atoms with E-state index in [1.54, 1.807) is 19.2 Å². The molecule has 2 heterocycles. The van der Waals surface area contributed by atoms with Crippen molar-refractivity contribution in [2.75, 3.05) is 20.2 Å². The minimum absolute atomic E-state index is 0.0574. The van der Waals surface area contributed by atoms with E-state index < -0.39 is 10.0 Å². The molecule has 0 radical (unpaired) electrons. The Morgan fingerprint density at radius 2 is 1.78 bits per heavy atom. The maximum atomic E-state index is 13.2. The highest BCUT2D eigenvalue weighted by atomic mass is 32.2. The van der Waals surface area contributed by atoms with Crippen molar-refractivity contribution < 1.29 is 17.9 Å². The number of ether oxygens (including phenoxy) is 1. The van der Waals surface area contributed by atoms with Crippen LogP contribution in [-0.4, -0.2) is 43.9 Å². The van der Waals surface area contributed by atoms with Crippen LogP contribution in [0.15, 0.2) is 53.4 Å². The van der Waals surface area contributed by atoms with Crippen LogP contribution in [-0.2, 0) is 23.0 Å². The molecule has 32 heavy (non-hydrogen) atoms. The lowest BCUT2D eigenvalue weighted by atomic mass is 9.99. The first-order valence-electron chi connectivity index (χ1n) is 10.4. The normalized spacial score (nSPS) is 14.2. The van der Waals surface area contributed by atoms with E-state index in [0.717, 1.165) is 35.8 Å². The molecule has 0 aliphatic carbocycles. The maximum absolute atomic E-state index is 13.2. The second-order valence-electron chi connectivity index (χ2n) is 8.18. The van der Waals surface area contributed by atoms with E-state index in [1.807, 2.05) is 36.6 Å². The Bertz CT molecular complexity index is 1280. The fourth-order valence-electron chi connectivity index (χ4n) is 4.37. The predicted octanol–water partition coefficient (Wildman–Crippen LogP) is 2.99. The third kappa shape index (κ3) is 4.34. The van der Waals surface area contributed by atoms with Gasteiger partial charge in [0.2, 0.25) is 10.0 Å². The number of rotatable bonds is 6. The van der Waals surface area contributed by atoms with E-state index in [0.29, 0.717) is 18.7 Å². The Morgan fingerprint density at radius 3 is 2.44 bits per heavy atom. The monoisotopic (exact) mass is 453 g/mol. The number of nitrogens with two attached hydrogens (primary N) is 1. The van der Waals surface area contributed by atoms with Crippen LogP contribution in [0.1, 0.15) is 32.9 Å². The largest absolute Gasteiger partial charge is 0.497 e. The van der Waals surface area contributed by atoms with E-state index in [1.165, 1.54) is 23.3 Å². The van der Waals surface area contributed by atoms with Gasteiger partial charge in [0.1, 0.15) is 5.75 Å². The minimum atomic E-state index is -3.75. The molecule has 4 rings (SSSR count). The van der Waals surface area contributed by atoms with E-state index in [4.69, 9.17) is 9.88 Å². The van der Waals surface area contributed by atoms with Crippen LogP contribution in [0.2, 0.25) is 0 Å². The third-order valence-electron chi connectivity index (χ3n) is 6.03. The number of aromatic nitrogens is 1. The first-order chi connectivity index (χ1) is 15.2. The number of sulfonamides is 1. The molecule has 1 aliphatic rings. The molecule has 8 heteroatoms. The Balaban J connectivity index is 1.54. The van der Waals surface area contributed by atoms with E-state index in [-0.39, 0.29) is 10.7 Å². The highest BCUT2D eigenvalue weighted by Crippen LogP contribution is 2.26. The SMILES string of the molecule is COc1ccc2c(c1)CN(CC(=O)c1cc(C)n(-c3ccc(S(N)(=O)=O)cc3)c1C)CC2. The number of carbonyl (C=O) groups is 1. The molecule has 7 nitrogen and oxygen atoms in total. The number of primary sulfonamides is 1. The molecule has 3 aromatic rings.